The molecule has 82 valence electrons. The second-order valence-corrected chi connectivity index (χ2v) is 4.61. The monoisotopic (exact) mass is 208 g/mol. The average molecular weight is 208 g/mol. The fourth-order valence-electron chi connectivity index (χ4n) is 1.47. The van der Waals surface area contributed by atoms with Crippen molar-refractivity contribution >= 4 is 6.29 Å². The summed E-state index contributed by atoms with van der Waals surface area (Å²) in [6.07, 6.45) is 0.601. The summed E-state index contributed by atoms with van der Waals surface area (Å²) < 4.78 is 0. The van der Waals surface area contributed by atoms with Gasteiger partial charge in [-0.2, -0.15) is 0 Å². The Kier molecular flexibility index (Phi) is 3.15. The minimum Gasteiger partial charge on any atom is -0.507 e. The maximum absolute atomic E-state index is 10.7. The third kappa shape index (κ3) is 2.36. The van der Waals surface area contributed by atoms with Gasteiger partial charge in [0.05, 0.1) is 12.2 Å². The lowest BCUT2D eigenvalue weighted by Gasteiger charge is -2.22. The van der Waals surface area contributed by atoms with Crippen molar-refractivity contribution in [2.45, 2.75) is 32.8 Å². The SMILES string of the molecule is CC(C)(C)c1cc(CO)cc(C=O)c1O. The minimum absolute atomic E-state index is 0.00898. The van der Waals surface area contributed by atoms with Crippen LogP contribution >= 0.6 is 0 Å². The molecule has 0 fully saturated rings. The molecule has 0 heterocycles. The number of hydrogen-bond donors (Lipinski definition) is 2. The van der Waals surface area contributed by atoms with E-state index in [0.717, 1.165) is 0 Å². The molecular weight excluding hydrogens is 192 g/mol. The zero-order valence-electron chi connectivity index (χ0n) is 9.24. The lowest BCUT2D eigenvalue weighted by atomic mass is 9.84. The highest BCUT2D eigenvalue weighted by molar-refractivity contribution is 5.80. The van der Waals surface area contributed by atoms with Crippen molar-refractivity contribution in [3.8, 4) is 5.75 Å². The highest BCUT2D eigenvalue weighted by Gasteiger charge is 2.20. The molecule has 0 unspecified atom stereocenters. The predicted octanol–water partition coefficient (Wildman–Crippen LogP) is 1.99. The summed E-state index contributed by atoms with van der Waals surface area (Å²) in [6, 6.07) is 3.22. The number of aliphatic hydroxyl groups excluding tert-OH is 1. The number of hydrogen-bond acceptors (Lipinski definition) is 3. The van der Waals surface area contributed by atoms with Crippen LogP contribution in [0.15, 0.2) is 12.1 Å². The maximum atomic E-state index is 10.7. The van der Waals surface area contributed by atoms with Crippen LogP contribution in [0, 0.1) is 0 Å². The summed E-state index contributed by atoms with van der Waals surface area (Å²) in [5.41, 5.74) is 1.29. The number of aromatic hydroxyl groups is 1. The quantitative estimate of drug-likeness (QED) is 0.731. The van der Waals surface area contributed by atoms with Crippen molar-refractivity contribution in [1.82, 2.24) is 0 Å². The van der Waals surface area contributed by atoms with Gasteiger partial charge in [0.2, 0.25) is 0 Å². The fourth-order valence-corrected chi connectivity index (χ4v) is 1.47. The number of phenolic OH excluding ortho intramolecular Hbond substituents is 1. The zero-order valence-corrected chi connectivity index (χ0v) is 9.24. The van der Waals surface area contributed by atoms with Gasteiger partial charge >= 0.3 is 0 Å². The number of rotatable bonds is 2. The maximum Gasteiger partial charge on any atom is 0.153 e. The number of carbonyl (C=O) groups is 1. The first-order valence-electron chi connectivity index (χ1n) is 4.82. The van der Waals surface area contributed by atoms with Crippen LogP contribution in [0.4, 0.5) is 0 Å². The molecule has 0 atom stereocenters. The minimum atomic E-state index is -0.257. The molecule has 0 aliphatic carbocycles. The van der Waals surface area contributed by atoms with Gasteiger partial charge in [-0.25, -0.2) is 0 Å². The highest BCUT2D eigenvalue weighted by atomic mass is 16.3. The van der Waals surface area contributed by atoms with Gasteiger partial charge in [-0.1, -0.05) is 20.8 Å². The smallest absolute Gasteiger partial charge is 0.153 e. The molecule has 0 saturated carbocycles. The topological polar surface area (TPSA) is 57.5 Å². The number of aldehydes is 1. The van der Waals surface area contributed by atoms with Crippen molar-refractivity contribution in [3.05, 3.63) is 28.8 Å². The van der Waals surface area contributed by atoms with Gasteiger partial charge in [-0.3, -0.25) is 4.79 Å². The Labute approximate surface area is 89.4 Å². The molecule has 3 heteroatoms. The second kappa shape index (κ2) is 4.03. The van der Waals surface area contributed by atoms with Crippen molar-refractivity contribution in [1.29, 1.82) is 0 Å². The summed E-state index contributed by atoms with van der Waals surface area (Å²) in [6.45, 7) is 5.69. The first-order valence-corrected chi connectivity index (χ1v) is 4.82. The molecule has 15 heavy (non-hydrogen) atoms. The Bertz CT molecular complexity index is 375. The third-order valence-electron chi connectivity index (χ3n) is 2.32. The average Bonchev–Trinajstić information content (AvgIpc) is 2.16. The van der Waals surface area contributed by atoms with Gasteiger partial charge in [0, 0.05) is 5.56 Å². The van der Waals surface area contributed by atoms with E-state index in [1.165, 1.54) is 6.07 Å². The Hall–Kier alpha value is -1.35. The first kappa shape index (κ1) is 11.7. The molecule has 1 aromatic rings. The standard InChI is InChI=1S/C12H16O3/c1-12(2,3)10-5-8(6-13)4-9(7-14)11(10)15/h4-5,7,13,15H,6H2,1-3H3. The van der Waals surface area contributed by atoms with Crippen LogP contribution in [-0.4, -0.2) is 16.5 Å². The van der Waals surface area contributed by atoms with Gasteiger partial charge < -0.3 is 10.2 Å². The Morgan fingerprint density at radius 2 is 1.93 bits per heavy atom. The molecule has 3 nitrogen and oxygen atoms in total. The van der Waals surface area contributed by atoms with E-state index in [4.69, 9.17) is 5.11 Å². The van der Waals surface area contributed by atoms with Gasteiger partial charge in [0.1, 0.15) is 5.75 Å². The highest BCUT2D eigenvalue weighted by Crippen LogP contribution is 2.33. The fraction of sp³-hybridized carbons (Fsp3) is 0.417. The molecule has 0 aromatic heterocycles. The number of benzene rings is 1. The van der Waals surface area contributed by atoms with Crippen LogP contribution in [0.25, 0.3) is 0 Å². The molecule has 0 saturated heterocycles. The largest absolute Gasteiger partial charge is 0.507 e. The van der Waals surface area contributed by atoms with Gasteiger partial charge in [-0.05, 0) is 23.1 Å². The van der Waals surface area contributed by atoms with Crippen molar-refractivity contribution < 1.29 is 15.0 Å². The molecule has 2 N–H and O–H groups in total. The Morgan fingerprint density at radius 1 is 1.33 bits per heavy atom. The molecular formula is C12H16O3. The number of phenols is 1. The summed E-state index contributed by atoms with van der Waals surface area (Å²) in [5, 5.41) is 18.9. The Balaban J connectivity index is 3.44. The van der Waals surface area contributed by atoms with Crippen molar-refractivity contribution in [2.24, 2.45) is 0 Å². The predicted molar refractivity (Wildman–Crippen MR) is 58.1 cm³/mol. The number of carbonyl (C=O) groups excluding carboxylic acids is 1. The number of aliphatic hydroxyl groups is 1. The summed E-state index contributed by atoms with van der Waals surface area (Å²) in [4.78, 5) is 10.7. The molecule has 0 spiro atoms. The summed E-state index contributed by atoms with van der Waals surface area (Å²) in [7, 11) is 0. The van der Waals surface area contributed by atoms with Crippen LogP contribution in [0.2, 0.25) is 0 Å². The molecule has 0 aliphatic heterocycles. The molecule has 0 amide bonds. The normalized spacial score (nSPS) is 11.5. The first-order chi connectivity index (χ1) is 6.90. The van der Waals surface area contributed by atoms with Gasteiger partial charge in [0.25, 0.3) is 0 Å². The molecule has 0 radical (unpaired) electrons. The van der Waals surface area contributed by atoms with Gasteiger partial charge in [-0.15, -0.1) is 0 Å². The lowest BCUT2D eigenvalue weighted by molar-refractivity contribution is 0.112. The third-order valence-corrected chi connectivity index (χ3v) is 2.32. The van der Waals surface area contributed by atoms with E-state index >= 15 is 0 Å². The Morgan fingerprint density at radius 3 is 2.33 bits per heavy atom. The van der Waals surface area contributed by atoms with E-state index in [-0.39, 0.29) is 23.3 Å². The molecule has 0 aliphatic rings. The van der Waals surface area contributed by atoms with Crippen LogP contribution < -0.4 is 0 Å². The van der Waals surface area contributed by atoms with Crippen LogP contribution in [0.1, 0.15) is 42.3 Å². The van der Waals surface area contributed by atoms with E-state index in [1.54, 1.807) is 6.07 Å². The lowest BCUT2D eigenvalue weighted by Crippen LogP contribution is -2.13. The van der Waals surface area contributed by atoms with Crippen LogP contribution in [-0.2, 0) is 12.0 Å². The second-order valence-electron chi connectivity index (χ2n) is 4.61. The van der Waals surface area contributed by atoms with E-state index in [0.29, 0.717) is 17.4 Å². The summed E-state index contributed by atoms with van der Waals surface area (Å²) in [5.74, 6) is 0.00898. The molecule has 1 aromatic carbocycles. The van der Waals surface area contributed by atoms with E-state index in [9.17, 15) is 9.90 Å². The van der Waals surface area contributed by atoms with Gasteiger partial charge in [0.15, 0.2) is 6.29 Å². The molecule has 1 rings (SSSR count). The van der Waals surface area contributed by atoms with Crippen LogP contribution in [0.3, 0.4) is 0 Å². The molecule has 0 bridgehead atoms. The van der Waals surface area contributed by atoms with E-state index in [1.807, 2.05) is 20.8 Å². The summed E-state index contributed by atoms with van der Waals surface area (Å²) >= 11 is 0. The van der Waals surface area contributed by atoms with E-state index < -0.39 is 0 Å². The van der Waals surface area contributed by atoms with Crippen molar-refractivity contribution in [3.63, 3.8) is 0 Å². The van der Waals surface area contributed by atoms with Crippen molar-refractivity contribution in [2.75, 3.05) is 0 Å². The van der Waals surface area contributed by atoms with E-state index in [2.05, 4.69) is 0 Å². The zero-order chi connectivity index (χ0) is 11.6. The van der Waals surface area contributed by atoms with Crippen LogP contribution in [0.5, 0.6) is 5.75 Å².